The minimum absolute atomic E-state index is 0.389. The average molecular weight is 341 g/mol. The molecule has 2 aromatic carbocycles. The standard InChI is InChI=1S/C20H27N3O2/c1-15(23-11-5-2-6-12-23)14-24-19-7-3-4-8-20(19)25-16-9-10-17(21)18(22)13-16/h3-4,7-10,13,15H,2,5-6,11-12,14,21-22H2,1H3. The Balaban J connectivity index is 1.65. The molecule has 1 fully saturated rings. The summed E-state index contributed by atoms with van der Waals surface area (Å²) >= 11 is 0. The number of anilines is 2. The van der Waals surface area contributed by atoms with Gasteiger partial charge in [0, 0.05) is 12.1 Å². The van der Waals surface area contributed by atoms with Crippen LogP contribution in [0.15, 0.2) is 42.5 Å². The van der Waals surface area contributed by atoms with E-state index in [4.69, 9.17) is 20.9 Å². The monoisotopic (exact) mass is 341 g/mol. The van der Waals surface area contributed by atoms with Crippen LogP contribution >= 0.6 is 0 Å². The lowest BCUT2D eigenvalue weighted by Gasteiger charge is -2.32. The van der Waals surface area contributed by atoms with Crippen LogP contribution in [0.5, 0.6) is 17.2 Å². The lowest BCUT2D eigenvalue weighted by atomic mass is 10.1. The summed E-state index contributed by atoms with van der Waals surface area (Å²) in [5.41, 5.74) is 12.7. The van der Waals surface area contributed by atoms with Gasteiger partial charge in [-0.2, -0.15) is 0 Å². The van der Waals surface area contributed by atoms with E-state index >= 15 is 0 Å². The van der Waals surface area contributed by atoms with Crippen LogP contribution in [-0.4, -0.2) is 30.6 Å². The first-order chi connectivity index (χ1) is 12.1. The third-order valence-electron chi connectivity index (χ3n) is 4.63. The van der Waals surface area contributed by atoms with Crippen molar-refractivity contribution in [2.24, 2.45) is 0 Å². The number of likely N-dealkylation sites (tertiary alicyclic amines) is 1. The number of rotatable bonds is 6. The fraction of sp³-hybridized carbons (Fsp3) is 0.400. The van der Waals surface area contributed by atoms with Gasteiger partial charge in [-0.05, 0) is 57.1 Å². The number of hydrogen-bond donors (Lipinski definition) is 2. The second-order valence-electron chi connectivity index (χ2n) is 6.60. The first-order valence-electron chi connectivity index (χ1n) is 8.92. The van der Waals surface area contributed by atoms with Crippen molar-refractivity contribution in [3.05, 3.63) is 42.5 Å². The predicted molar refractivity (Wildman–Crippen MR) is 102 cm³/mol. The van der Waals surface area contributed by atoms with Crippen molar-refractivity contribution in [3.63, 3.8) is 0 Å². The summed E-state index contributed by atoms with van der Waals surface area (Å²) in [6, 6.07) is 13.4. The summed E-state index contributed by atoms with van der Waals surface area (Å²) in [6.07, 6.45) is 3.90. The van der Waals surface area contributed by atoms with Gasteiger partial charge in [0.05, 0.1) is 11.4 Å². The molecule has 1 atom stereocenters. The first-order valence-corrected chi connectivity index (χ1v) is 8.92. The van der Waals surface area contributed by atoms with E-state index in [1.807, 2.05) is 24.3 Å². The minimum Gasteiger partial charge on any atom is -0.488 e. The number of para-hydroxylation sites is 2. The van der Waals surface area contributed by atoms with Gasteiger partial charge < -0.3 is 20.9 Å². The Morgan fingerprint density at radius 1 is 0.960 bits per heavy atom. The largest absolute Gasteiger partial charge is 0.488 e. The van der Waals surface area contributed by atoms with Crippen LogP contribution in [0.25, 0.3) is 0 Å². The van der Waals surface area contributed by atoms with Gasteiger partial charge in [-0.1, -0.05) is 18.6 Å². The number of nitrogen functional groups attached to an aromatic ring is 2. The molecule has 1 aliphatic rings. The number of hydrogen-bond acceptors (Lipinski definition) is 5. The molecule has 3 rings (SSSR count). The third-order valence-corrected chi connectivity index (χ3v) is 4.63. The summed E-state index contributed by atoms with van der Waals surface area (Å²) in [5, 5.41) is 0. The highest BCUT2D eigenvalue weighted by atomic mass is 16.5. The van der Waals surface area contributed by atoms with Gasteiger partial charge in [0.15, 0.2) is 11.5 Å². The Morgan fingerprint density at radius 2 is 1.68 bits per heavy atom. The number of ether oxygens (including phenoxy) is 2. The van der Waals surface area contributed by atoms with Gasteiger partial charge in [-0.15, -0.1) is 0 Å². The van der Waals surface area contributed by atoms with Gasteiger partial charge in [0.2, 0.25) is 0 Å². The van der Waals surface area contributed by atoms with Crippen LogP contribution in [0.3, 0.4) is 0 Å². The Morgan fingerprint density at radius 3 is 2.40 bits per heavy atom. The van der Waals surface area contributed by atoms with Crippen LogP contribution in [0, 0.1) is 0 Å². The molecule has 1 saturated heterocycles. The van der Waals surface area contributed by atoms with Gasteiger partial charge in [0.25, 0.3) is 0 Å². The predicted octanol–water partition coefficient (Wildman–Crippen LogP) is 3.90. The molecule has 1 aliphatic heterocycles. The Labute approximate surface area is 149 Å². The maximum atomic E-state index is 6.06. The van der Waals surface area contributed by atoms with E-state index in [0.29, 0.717) is 35.5 Å². The fourth-order valence-electron chi connectivity index (χ4n) is 3.07. The van der Waals surface area contributed by atoms with Gasteiger partial charge in [-0.25, -0.2) is 0 Å². The highest BCUT2D eigenvalue weighted by Gasteiger charge is 2.17. The van der Waals surface area contributed by atoms with Crippen LogP contribution in [0.1, 0.15) is 26.2 Å². The highest BCUT2D eigenvalue weighted by Crippen LogP contribution is 2.33. The number of piperidine rings is 1. The summed E-state index contributed by atoms with van der Waals surface area (Å²) < 4.78 is 12.0. The summed E-state index contributed by atoms with van der Waals surface area (Å²) in [5.74, 6) is 2.06. The zero-order chi connectivity index (χ0) is 17.6. The van der Waals surface area contributed by atoms with Crippen molar-refractivity contribution < 1.29 is 9.47 Å². The molecule has 2 aromatic rings. The first kappa shape index (κ1) is 17.4. The van der Waals surface area contributed by atoms with E-state index < -0.39 is 0 Å². The molecular weight excluding hydrogens is 314 g/mol. The molecule has 25 heavy (non-hydrogen) atoms. The Hall–Kier alpha value is -2.40. The molecule has 0 aromatic heterocycles. The van der Waals surface area contributed by atoms with Crippen molar-refractivity contribution in [2.45, 2.75) is 32.2 Å². The minimum atomic E-state index is 0.389. The van der Waals surface area contributed by atoms with Crippen molar-refractivity contribution in [1.29, 1.82) is 0 Å². The molecule has 4 N–H and O–H groups in total. The highest BCUT2D eigenvalue weighted by molar-refractivity contribution is 5.65. The average Bonchev–Trinajstić information content (AvgIpc) is 2.64. The SMILES string of the molecule is CC(COc1ccccc1Oc1ccc(N)c(N)c1)N1CCCCC1. The third kappa shape index (κ3) is 4.57. The van der Waals surface area contributed by atoms with Crippen LogP contribution < -0.4 is 20.9 Å². The molecule has 134 valence electrons. The molecule has 5 nitrogen and oxygen atoms in total. The van der Waals surface area contributed by atoms with Gasteiger partial charge >= 0.3 is 0 Å². The van der Waals surface area contributed by atoms with Crippen molar-refractivity contribution in [3.8, 4) is 17.2 Å². The number of benzene rings is 2. The van der Waals surface area contributed by atoms with E-state index in [-0.39, 0.29) is 0 Å². The maximum absolute atomic E-state index is 6.06. The van der Waals surface area contributed by atoms with Crippen LogP contribution in [0.4, 0.5) is 11.4 Å². The number of nitrogens with two attached hydrogens (primary N) is 2. The molecule has 0 saturated carbocycles. The van der Waals surface area contributed by atoms with E-state index in [9.17, 15) is 0 Å². The van der Waals surface area contributed by atoms with Crippen molar-refractivity contribution >= 4 is 11.4 Å². The van der Waals surface area contributed by atoms with Gasteiger partial charge in [-0.3, -0.25) is 4.90 Å². The fourth-order valence-corrected chi connectivity index (χ4v) is 3.07. The van der Waals surface area contributed by atoms with Gasteiger partial charge in [0.1, 0.15) is 12.4 Å². The second kappa shape index (κ2) is 8.12. The second-order valence-corrected chi connectivity index (χ2v) is 6.60. The lowest BCUT2D eigenvalue weighted by Crippen LogP contribution is -2.40. The van der Waals surface area contributed by atoms with E-state index in [2.05, 4.69) is 11.8 Å². The Bertz CT molecular complexity index is 699. The molecule has 0 amide bonds. The van der Waals surface area contributed by atoms with E-state index in [1.54, 1.807) is 18.2 Å². The van der Waals surface area contributed by atoms with E-state index in [1.165, 1.54) is 19.3 Å². The quantitative estimate of drug-likeness (QED) is 0.780. The topological polar surface area (TPSA) is 73.7 Å². The zero-order valence-corrected chi connectivity index (χ0v) is 14.8. The molecule has 0 spiro atoms. The van der Waals surface area contributed by atoms with Crippen molar-refractivity contribution in [1.82, 2.24) is 4.90 Å². The smallest absolute Gasteiger partial charge is 0.169 e. The molecule has 5 heteroatoms. The zero-order valence-electron chi connectivity index (χ0n) is 14.8. The normalized spacial score (nSPS) is 16.4. The molecule has 0 bridgehead atoms. The molecule has 1 heterocycles. The number of nitrogens with zero attached hydrogens (tertiary/aromatic N) is 1. The van der Waals surface area contributed by atoms with Crippen molar-refractivity contribution in [2.75, 3.05) is 31.2 Å². The molecule has 1 unspecified atom stereocenters. The summed E-state index contributed by atoms with van der Waals surface area (Å²) in [4.78, 5) is 2.49. The van der Waals surface area contributed by atoms with Crippen LogP contribution in [-0.2, 0) is 0 Å². The summed E-state index contributed by atoms with van der Waals surface area (Å²) in [7, 11) is 0. The van der Waals surface area contributed by atoms with E-state index in [0.717, 1.165) is 18.8 Å². The molecule has 0 aliphatic carbocycles. The lowest BCUT2D eigenvalue weighted by molar-refractivity contribution is 0.124. The molecule has 0 radical (unpaired) electrons. The maximum Gasteiger partial charge on any atom is 0.169 e. The Kier molecular flexibility index (Phi) is 5.66. The molecular formula is C20H27N3O2. The summed E-state index contributed by atoms with van der Waals surface area (Å²) in [6.45, 7) is 5.18. The van der Waals surface area contributed by atoms with Crippen LogP contribution in [0.2, 0.25) is 0 Å².